The molecule has 2 aromatic rings. The van der Waals surface area contributed by atoms with Gasteiger partial charge in [0.15, 0.2) is 0 Å². The lowest BCUT2D eigenvalue weighted by atomic mass is 10.0. The van der Waals surface area contributed by atoms with Crippen molar-refractivity contribution in [2.24, 2.45) is 0 Å². The van der Waals surface area contributed by atoms with Crippen molar-refractivity contribution in [1.82, 2.24) is 5.32 Å². The van der Waals surface area contributed by atoms with Crippen molar-refractivity contribution < 1.29 is 19.4 Å². The summed E-state index contributed by atoms with van der Waals surface area (Å²) in [5.74, 6) is -0.990. The molecule has 2 rings (SSSR count). The molecule has 2 aromatic carbocycles. The molecule has 0 saturated heterocycles. The van der Waals surface area contributed by atoms with Crippen LogP contribution in [0.1, 0.15) is 37.4 Å². The highest BCUT2D eigenvalue weighted by Gasteiger charge is 2.19. The van der Waals surface area contributed by atoms with Gasteiger partial charge in [0.1, 0.15) is 6.61 Å². The maximum Gasteiger partial charge on any atom is 0.407 e. The molecule has 0 unspecified atom stereocenters. The molecule has 0 radical (unpaired) electrons. The Morgan fingerprint density at radius 2 is 1.67 bits per heavy atom. The fourth-order valence-electron chi connectivity index (χ4n) is 2.84. The third-order valence-corrected chi connectivity index (χ3v) is 4.31. The summed E-state index contributed by atoms with van der Waals surface area (Å²) in [6.07, 6.45) is -0.858. The average Bonchev–Trinajstić information content (AvgIpc) is 2.68. The van der Waals surface area contributed by atoms with Crippen LogP contribution in [0, 0.1) is 0 Å². The Morgan fingerprint density at radius 1 is 1.04 bits per heavy atom. The highest BCUT2D eigenvalue weighted by atomic mass is 16.5. The van der Waals surface area contributed by atoms with E-state index in [1.165, 1.54) is 0 Å². The lowest BCUT2D eigenvalue weighted by molar-refractivity contribution is -0.137. The van der Waals surface area contributed by atoms with Crippen molar-refractivity contribution in [3.8, 4) is 0 Å². The molecule has 0 fully saturated rings. The molecule has 1 atom stereocenters. The summed E-state index contributed by atoms with van der Waals surface area (Å²) in [5.41, 5.74) is 2.65. The third kappa shape index (κ3) is 6.33. The van der Waals surface area contributed by atoms with Gasteiger partial charge in [-0.05, 0) is 37.1 Å². The number of ether oxygens (including phenoxy) is 1. The predicted octanol–water partition coefficient (Wildman–Crippen LogP) is 3.98. The molecule has 144 valence electrons. The fraction of sp³-hybridized carbons (Fsp3) is 0.333. The van der Waals surface area contributed by atoms with Crippen LogP contribution < -0.4 is 10.2 Å². The van der Waals surface area contributed by atoms with Crippen LogP contribution in [0.25, 0.3) is 0 Å². The Labute approximate surface area is 159 Å². The molecule has 27 heavy (non-hydrogen) atoms. The van der Waals surface area contributed by atoms with Gasteiger partial charge in [-0.2, -0.15) is 0 Å². The van der Waals surface area contributed by atoms with Crippen LogP contribution in [0.5, 0.6) is 0 Å². The van der Waals surface area contributed by atoms with Gasteiger partial charge in [0.05, 0.1) is 12.5 Å². The Morgan fingerprint density at radius 3 is 2.22 bits per heavy atom. The van der Waals surface area contributed by atoms with Crippen molar-refractivity contribution in [2.75, 3.05) is 18.0 Å². The molecule has 2 N–H and O–H groups in total. The van der Waals surface area contributed by atoms with Gasteiger partial charge in [-0.15, -0.1) is 0 Å². The van der Waals surface area contributed by atoms with Gasteiger partial charge in [-0.1, -0.05) is 42.5 Å². The number of carbonyl (C=O) groups is 2. The van der Waals surface area contributed by atoms with Crippen LogP contribution in [-0.2, 0) is 16.1 Å². The van der Waals surface area contributed by atoms with E-state index in [4.69, 9.17) is 4.74 Å². The van der Waals surface area contributed by atoms with E-state index >= 15 is 0 Å². The summed E-state index contributed by atoms with van der Waals surface area (Å²) in [4.78, 5) is 25.5. The zero-order valence-electron chi connectivity index (χ0n) is 15.7. The van der Waals surface area contributed by atoms with E-state index in [0.29, 0.717) is 0 Å². The van der Waals surface area contributed by atoms with E-state index < -0.39 is 18.1 Å². The Kier molecular flexibility index (Phi) is 7.67. The van der Waals surface area contributed by atoms with Crippen molar-refractivity contribution >= 4 is 17.7 Å². The third-order valence-electron chi connectivity index (χ3n) is 4.31. The summed E-state index contributed by atoms with van der Waals surface area (Å²) < 4.78 is 5.21. The van der Waals surface area contributed by atoms with Crippen LogP contribution in [0.15, 0.2) is 54.6 Å². The predicted molar refractivity (Wildman–Crippen MR) is 105 cm³/mol. The van der Waals surface area contributed by atoms with Gasteiger partial charge in [-0.25, -0.2) is 4.79 Å². The van der Waals surface area contributed by atoms with Crippen LogP contribution in [0.4, 0.5) is 10.5 Å². The van der Waals surface area contributed by atoms with Crippen molar-refractivity contribution in [3.63, 3.8) is 0 Å². The minimum absolute atomic E-state index is 0.132. The summed E-state index contributed by atoms with van der Waals surface area (Å²) in [7, 11) is 0. The number of amides is 1. The van der Waals surface area contributed by atoms with Crippen molar-refractivity contribution in [2.45, 2.75) is 32.9 Å². The first-order valence-corrected chi connectivity index (χ1v) is 9.07. The van der Waals surface area contributed by atoms with Gasteiger partial charge >= 0.3 is 12.1 Å². The van der Waals surface area contributed by atoms with Crippen LogP contribution >= 0.6 is 0 Å². The molecule has 0 bridgehead atoms. The van der Waals surface area contributed by atoms with Gasteiger partial charge in [0.2, 0.25) is 0 Å². The largest absolute Gasteiger partial charge is 0.481 e. The lowest BCUT2D eigenvalue weighted by Crippen LogP contribution is -2.30. The first-order chi connectivity index (χ1) is 13.0. The Balaban J connectivity index is 2.03. The summed E-state index contributed by atoms with van der Waals surface area (Å²) in [6, 6.07) is 16.2. The number of rotatable bonds is 9. The smallest absolute Gasteiger partial charge is 0.407 e. The molecule has 0 aliphatic carbocycles. The molecule has 0 aromatic heterocycles. The number of nitrogens with one attached hydrogen (secondary N) is 1. The Bertz CT molecular complexity index is 728. The maximum absolute atomic E-state index is 12.1. The second kappa shape index (κ2) is 10.2. The van der Waals surface area contributed by atoms with Crippen LogP contribution in [-0.4, -0.2) is 30.3 Å². The van der Waals surface area contributed by atoms with Gasteiger partial charge in [0.25, 0.3) is 0 Å². The number of nitrogens with zero attached hydrogens (tertiary/aromatic N) is 1. The van der Waals surface area contributed by atoms with E-state index in [0.717, 1.165) is 29.9 Å². The van der Waals surface area contributed by atoms with Crippen molar-refractivity contribution in [1.29, 1.82) is 0 Å². The first kappa shape index (κ1) is 20.3. The molecule has 0 aliphatic heterocycles. The molecular formula is C21H26N2O4. The SMILES string of the molecule is CCN(CC)c1ccc([C@@H](CC(=O)O)NC(=O)OCc2ccccc2)cc1. The summed E-state index contributed by atoms with van der Waals surface area (Å²) >= 11 is 0. The van der Waals surface area contributed by atoms with E-state index in [-0.39, 0.29) is 13.0 Å². The molecular weight excluding hydrogens is 344 g/mol. The molecule has 6 nitrogen and oxygen atoms in total. The van der Waals surface area contributed by atoms with Crippen molar-refractivity contribution in [3.05, 3.63) is 65.7 Å². The monoisotopic (exact) mass is 370 g/mol. The highest BCUT2D eigenvalue weighted by Crippen LogP contribution is 2.22. The Hall–Kier alpha value is -3.02. The van der Waals surface area contributed by atoms with Gasteiger partial charge in [0, 0.05) is 18.8 Å². The quantitative estimate of drug-likeness (QED) is 0.698. The molecule has 0 spiro atoms. The van der Waals surface area contributed by atoms with E-state index in [1.807, 2.05) is 54.6 Å². The number of alkyl carbamates (subject to hydrolysis) is 1. The topological polar surface area (TPSA) is 78.9 Å². The molecule has 6 heteroatoms. The number of anilines is 1. The highest BCUT2D eigenvalue weighted by molar-refractivity contribution is 5.72. The summed E-state index contributed by atoms with van der Waals surface area (Å²) in [5, 5.41) is 11.8. The van der Waals surface area contributed by atoms with Crippen LogP contribution in [0.2, 0.25) is 0 Å². The molecule has 0 saturated carbocycles. The number of hydrogen-bond acceptors (Lipinski definition) is 4. The number of carboxylic acid groups (broad SMARTS) is 1. The fourth-order valence-corrected chi connectivity index (χ4v) is 2.84. The van der Waals surface area contributed by atoms with E-state index in [2.05, 4.69) is 24.1 Å². The zero-order chi connectivity index (χ0) is 19.6. The lowest BCUT2D eigenvalue weighted by Gasteiger charge is -2.22. The number of hydrogen-bond donors (Lipinski definition) is 2. The normalized spacial score (nSPS) is 11.5. The molecule has 0 heterocycles. The van der Waals surface area contributed by atoms with E-state index in [9.17, 15) is 14.7 Å². The van der Waals surface area contributed by atoms with E-state index in [1.54, 1.807) is 0 Å². The summed E-state index contributed by atoms with van der Waals surface area (Å²) in [6.45, 7) is 6.06. The zero-order valence-corrected chi connectivity index (χ0v) is 15.7. The second-order valence-electron chi connectivity index (χ2n) is 6.12. The minimum atomic E-state index is -0.990. The van der Waals surface area contributed by atoms with Gasteiger partial charge < -0.3 is 20.1 Å². The first-order valence-electron chi connectivity index (χ1n) is 9.07. The number of benzene rings is 2. The minimum Gasteiger partial charge on any atom is -0.481 e. The average molecular weight is 370 g/mol. The number of carboxylic acids is 1. The van der Waals surface area contributed by atoms with Crippen LogP contribution in [0.3, 0.4) is 0 Å². The van der Waals surface area contributed by atoms with Gasteiger partial charge in [-0.3, -0.25) is 4.79 Å². The number of aliphatic carboxylic acids is 1. The second-order valence-corrected chi connectivity index (χ2v) is 6.12. The standard InChI is InChI=1S/C21H26N2O4/c1-3-23(4-2)18-12-10-17(11-13-18)19(14-20(24)25)22-21(26)27-15-16-8-6-5-7-9-16/h5-13,19H,3-4,14-15H2,1-2H3,(H,22,26)(H,24,25)/t19-/m1/s1. The maximum atomic E-state index is 12.1. The molecule has 0 aliphatic rings. The number of carbonyl (C=O) groups excluding carboxylic acids is 1. The molecule has 1 amide bonds.